The normalized spacial score (nSPS) is 13.8. The van der Waals surface area contributed by atoms with Crippen molar-refractivity contribution < 1.29 is 5.11 Å². The molecule has 1 aliphatic heterocycles. The lowest BCUT2D eigenvalue weighted by atomic mass is 9.89. The SMILES string of the molecule is O=c1c2cc(-n3c4ccccc4c4ccccc43)ccc2n2c3c(cc(-c4ccccn4)cc13)C(O)c1cc(-n3c4ccccc4c4ccccc43)ccc1-2. The van der Waals surface area contributed by atoms with E-state index in [4.69, 9.17) is 0 Å². The first-order valence-electron chi connectivity index (χ1n) is 18.5. The van der Waals surface area contributed by atoms with Crippen molar-refractivity contribution in [1.29, 1.82) is 0 Å². The van der Waals surface area contributed by atoms with E-state index < -0.39 is 6.10 Å². The minimum absolute atomic E-state index is 0.0829. The minimum Gasteiger partial charge on any atom is -0.383 e. The average molecular weight is 707 g/mol. The molecule has 0 fully saturated rings. The molecule has 55 heavy (non-hydrogen) atoms. The van der Waals surface area contributed by atoms with Gasteiger partial charge in [0.15, 0.2) is 5.43 Å². The van der Waals surface area contributed by atoms with Crippen molar-refractivity contribution in [1.82, 2.24) is 18.7 Å². The maximum absolute atomic E-state index is 14.9. The highest BCUT2D eigenvalue weighted by Gasteiger charge is 2.30. The molecular formula is C49H30N4O2. The van der Waals surface area contributed by atoms with Crippen molar-refractivity contribution in [2.75, 3.05) is 0 Å². The number of fused-ring (bicyclic) bond motifs is 10. The van der Waals surface area contributed by atoms with Gasteiger partial charge in [-0.3, -0.25) is 9.78 Å². The third-order valence-corrected chi connectivity index (χ3v) is 11.6. The molecule has 0 spiro atoms. The van der Waals surface area contributed by atoms with E-state index in [0.717, 1.165) is 72.2 Å². The zero-order valence-corrected chi connectivity index (χ0v) is 29.4. The first-order valence-corrected chi connectivity index (χ1v) is 18.5. The maximum atomic E-state index is 14.9. The van der Waals surface area contributed by atoms with Crippen LogP contribution in [0.1, 0.15) is 17.2 Å². The van der Waals surface area contributed by atoms with E-state index in [1.807, 2.05) is 36.4 Å². The molecule has 0 saturated heterocycles. The number of rotatable bonds is 3. The molecule has 11 aromatic rings. The van der Waals surface area contributed by atoms with Gasteiger partial charge in [0, 0.05) is 66.6 Å². The molecule has 12 rings (SSSR count). The van der Waals surface area contributed by atoms with Crippen LogP contribution in [-0.4, -0.2) is 23.8 Å². The first-order chi connectivity index (χ1) is 27.1. The van der Waals surface area contributed by atoms with Gasteiger partial charge in [0.25, 0.3) is 0 Å². The van der Waals surface area contributed by atoms with Crippen LogP contribution in [0.3, 0.4) is 0 Å². The number of aromatic nitrogens is 4. The smallest absolute Gasteiger partial charge is 0.197 e. The second-order valence-corrected chi connectivity index (χ2v) is 14.4. The summed E-state index contributed by atoms with van der Waals surface area (Å²) in [4.78, 5) is 19.6. The molecule has 258 valence electrons. The fourth-order valence-electron chi connectivity index (χ4n) is 9.20. The number of nitrogens with zero attached hydrogens (tertiary/aromatic N) is 4. The molecule has 5 heterocycles. The van der Waals surface area contributed by atoms with Crippen molar-refractivity contribution >= 4 is 65.4 Å². The molecule has 1 atom stereocenters. The number of hydrogen-bond acceptors (Lipinski definition) is 3. The summed E-state index contributed by atoms with van der Waals surface area (Å²) in [5.74, 6) is 0. The van der Waals surface area contributed by atoms with E-state index >= 15 is 0 Å². The fourth-order valence-corrected chi connectivity index (χ4v) is 9.20. The van der Waals surface area contributed by atoms with Crippen molar-refractivity contribution in [3.63, 3.8) is 0 Å². The summed E-state index contributed by atoms with van der Waals surface area (Å²) in [6.07, 6.45) is 0.772. The van der Waals surface area contributed by atoms with E-state index in [1.165, 1.54) is 10.8 Å². The second-order valence-electron chi connectivity index (χ2n) is 14.4. The van der Waals surface area contributed by atoms with E-state index in [-0.39, 0.29) is 5.43 Å². The molecule has 4 aromatic heterocycles. The van der Waals surface area contributed by atoms with Gasteiger partial charge in [-0.15, -0.1) is 0 Å². The third kappa shape index (κ3) is 4.11. The van der Waals surface area contributed by atoms with Gasteiger partial charge in [0.2, 0.25) is 0 Å². The Hall–Kier alpha value is -7.28. The van der Waals surface area contributed by atoms with Crippen LogP contribution in [0.2, 0.25) is 0 Å². The number of aliphatic hydroxyl groups is 1. The van der Waals surface area contributed by atoms with Gasteiger partial charge >= 0.3 is 0 Å². The van der Waals surface area contributed by atoms with Gasteiger partial charge in [0.1, 0.15) is 6.10 Å². The lowest BCUT2D eigenvalue weighted by Crippen LogP contribution is -2.20. The maximum Gasteiger partial charge on any atom is 0.197 e. The van der Waals surface area contributed by atoms with Gasteiger partial charge in [-0.2, -0.15) is 0 Å². The van der Waals surface area contributed by atoms with E-state index in [1.54, 1.807) is 6.20 Å². The highest BCUT2D eigenvalue weighted by molar-refractivity contribution is 6.11. The van der Waals surface area contributed by atoms with Crippen molar-refractivity contribution in [3.05, 3.63) is 191 Å². The van der Waals surface area contributed by atoms with Gasteiger partial charge < -0.3 is 18.8 Å². The van der Waals surface area contributed by atoms with Gasteiger partial charge in [-0.05, 0) is 84.9 Å². The molecule has 0 amide bonds. The number of hydrogen-bond donors (Lipinski definition) is 1. The van der Waals surface area contributed by atoms with Gasteiger partial charge in [-0.1, -0.05) is 78.9 Å². The first kappa shape index (κ1) is 30.2. The van der Waals surface area contributed by atoms with Crippen LogP contribution in [0.4, 0.5) is 0 Å². The third-order valence-electron chi connectivity index (χ3n) is 11.6. The largest absolute Gasteiger partial charge is 0.383 e. The Labute approximate surface area is 314 Å². The summed E-state index contributed by atoms with van der Waals surface area (Å²) in [5.41, 5.74) is 11.4. The monoisotopic (exact) mass is 706 g/mol. The molecule has 6 nitrogen and oxygen atoms in total. The quantitative estimate of drug-likeness (QED) is 0.186. The molecular weight excluding hydrogens is 677 g/mol. The summed E-state index contributed by atoms with van der Waals surface area (Å²) < 4.78 is 6.70. The van der Waals surface area contributed by atoms with Crippen LogP contribution >= 0.6 is 0 Å². The molecule has 6 heteroatoms. The van der Waals surface area contributed by atoms with Gasteiger partial charge in [-0.25, -0.2) is 0 Å². The Kier molecular flexibility index (Phi) is 6.11. The zero-order valence-electron chi connectivity index (χ0n) is 29.4. The highest BCUT2D eigenvalue weighted by atomic mass is 16.3. The topological polar surface area (TPSA) is 65.0 Å². The average Bonchev–Trinajstić information content (AvgIpc) is 3.76. The lowest BCUT2D eigenvalue weighted by Gasteiger charge is -2.30. The minimum atomic E-state index is -0.983. The summed E-state index contributed by atoms with van der Waals surface area (Å²) >= 11 is 0. The van der Waals surface area contributed by atoms with Crippen LogP contribution in [0.15, 0.2) is 175 Å². The molecule has 0 bridgehead atoms. The predicted molar refractivity (Wildman–Crippen MR) is 223 cm³/mol. The van der Waals surface area contributed by atoms with Crippen LogP contribution in [-0.2, 0) is 0 Å². The highest BCUT2D eigenvalue weighted by Crippen LogP contribution is 2.44. The van der Waals surface area contributed by atoms with Crippen molar-refractivity contribution in [2.24, 2.45) is 0 Å². The zero-order chi connectivity index (χ0) is 36.4. The molecule has 1 aliphatic rings. The van der Waals surface area contributed by atoms with Crippen LogP contribution in [0, 0.1) is 0 Å². The summed E-state index contributed by atoms with van der Waals surface area (Å²) in [6.45, 7) is 0. The van der Waals surface area contributed by atoms with Gasteiger partial charge in [0.05, 0.1) is 44.5 Å². The van der Waals surface area contributed by atoms with Crippen molar-refractivity contribution in [3.8, 4) is 28.3 Å². The number of benzene rings is 7. The van der Waals surface area contributed by atoms with E-state index in [0.29, 0.717) is 21.9 Å². The summed E-state index contributed by atoms with van der Waals surface area (Å²) in [5, 5.41) is 18.2. The Bertz CT molecular complexity index is 3380. The summed E-state index contributed by atoms with van der Waals surface area (Å²) in [7, 11) is 0. The summed E-state index contributed by atoms with van der Waals surface area (Å²) in [6, 6.07) is 55.9. The van der Waals surface area contributed by atoms with E-state index in [2.05, 4.69) is 146 Å². The Morgan fingerprint density at radius 3 is 1.56 bits per heavy atom. The molecule has 1 N–H and O–H groups in total. The van der Waals surface area contributed by atoms with E-state index in [9.17, 15) is 9.90 Å². The number of para-hydroxylation sites is 4. The lowest BCUT2D eigenvalue weighted by molar-refractivity contribution is 0.219. The molecule has 0 saturated carbocycles. The predicted octanol–water partition coefficient (Wildman–Crippen LogP) is 10.8. The number of pyridine rings is 2. The van der Waals surface area contributed by atoms with Crippen LogP contribution in [0.25, 0.3) is 93.7 Å². The molecule has 7 aromatic carbocycles. The standard InChI is InChI=1S/C49H30N4O2/c54-48-36-27-30(51-41-16-5-1-11-32(41)33-12-2-6-17-42(33)51)20-22-45(36)53-46-23-21-31(52-43-18-7-3-13-34(43)35-14-4-8-19-44(35)52)28-37(46)49(55)39-26-29(25-38(48)47(39)53)40-15-9-10-24-50-40/h1-28,48,54H. The van der Waals surface area contributed by atoms with Crippen LogP contribution in [0.5, 0.6) is 0 Å². The Morgan fingerprint density at radius 1 is 0.455 bits per heavy atom. The molecule has 1 unspecified atom stereocenters. The van der Waals surface area contributed by atoms with Crippen molar-refractivity contribution in [2.45, 2.75) is 6.10 Å². The van der Waals surface area contributed by atoms with Crippen LogP contribution < -0.4 is 5.43 Å². The number of aliphatic hydroxyl groups excluding tert-OH is 1. The fraction of sp³-hybridized carbons (Fsp3) is 0.0204. The Balaban J connectivity index is 1.17. The molecule has 0 radical (unpaired) electrons. The second kappa shape index (κ2) is 11.1. The Morgan fingerprint density at radius 2 is 0.982 bits per heavy atom. The molecule has 0 aliphatic carbocycles.